The smallest absolute Gasteiger partial charge is 0.168 e. The fourth-order valence-electron chi connectivity index (χ4n) is 1.82. The van der Waals surface area contributed by atoms with Crippen molar-refractivity contribution in [2.24, 2.45) is 0 Å². The lowest BCUT2D eigenvalue weighted by molar-refractivity contribution is 0.111. The van der Waals surface area contributed by atoms with Gasteiger partial charge in [0.05, 0.1) is 5.69 Å². The van der Waals surface area contributed by atoms with Crippen molar-refractivity contribution in [2.75, 3.05) is 0 Å². The third-order valence-corrected chi connectivity index (χ3v) is 3.14. The van der Waals surface area contributed by atoms with Crippen molar-refractivity contribution < 1.29 is 4.79 Å². The molecule has 0 atom stereocenters. The van der Waals surface area contributed by atoms with Gasteiger partial charge in [-0.1, -0.05) is 12.1 Å². The number of carbonyl (C=O) groups excluding carboxylic acids is 1. The zero-order chi connectivity index (χ0) is 12.4. The lowest BCUT2D eigenvalue weighted by Gasteiger charge is -2.10. The van der Waals surface area contributed by atoms with E-state index in [4.69, 9.17) is 0 Å². The van der Waals surface area contributed by atoms with Crippen molar-refractivity contribution in [1.29, 1.82) is 0 Å². The standard InChI is InChI=1S/C14H14N2O/c1-9-4-5-13(11(3)10(9)2)14-6-12(7-17)15-8-16-14/h4-8H,1-3H3. The minimum absolute atomic E-state index is 0.410. The summed E-state index contributed by atoms with van der Waals surface area (Å²) >= 11 is 0. The third kappa shape index (κ3) is 2.09. The first kappa shape index (κ1) is 11.5. The maximum atomic E-state index is 10.7. The van der Waals surface area contributed by atoms with Gasteiger partial charge in [-0.2, -0.15) is 0 Å². The Hall–Kier alpha value is -2.03. The molecule has 0 N–H and O–H groups in total. The summed E-state index contributed by atoms with van der Waals surface area (Å²) in [5.74, 6) is 0. The molecule has 0 saturated carbocycles. The Morgan fingerprint density at radius 3 is 2.53 bits per heavy atom. The molecule has 3 heteroatoms. The van der Waals surface area contributed by atoms with Crippen molar-refractivity contribution in [2.45, 2.75) is 20.8 Å². The number of rotatable bonds is 2. The Labute approximate surface area is 101 Å². The third-order valence-electron chi connectivity index (χ3n) is 3.14. The van der Waals surface area contributed by atoms with Crippen LogP contribution >= 0.6 is 0 Å². The van der Waals surface area contributed by atoms with Crippen LogP contribution in [0.5, 0.6) is 0 Å². The molecule has 0 amide bonds. The summed E-state index contributed by atoms with van der Waals surface area (Å²) in [5, 5.41) is 0. The van der Waals surface area contributed by atoms with Crippen LogP contribution in [0.1, 0.15) is 27.2 Å². The molecule has 0 aliphatic carbocycles. The number of aldehydes is 1. The van der Waals surface area contributed by atoms with E-state index in [9.17, 15) is 4.79 Å². The lowest BCUT2D eigenvalue weighted by Crippen LogP contribution is -1.95. The zero-order valence-corrected chi connectivity index (χ0v) is 10.2. The minimum Gasteiger partial charge on any atom is -0.296 e. The van der Waals surface area contributed by atoms with Crippen molar-refractivity contribution in [1.82, 2.24) is 9.97 Å². The summed E-state index contributed by atoms with van der Waals surface area (Å²) in [7, 11) is 0. The second-order valence-electron chi connectivity index (χ2n) is 4.13. The van der Waals surface area contributed by atoms with Gasteiger partial charge in [0.15, 0.2) is 6.29 Å². The predicted molar refractivity (Wildman–Crippen MR) is 67.1 cm³/mol. The summed E-state index contributed by atoms with van der Waals surface area (Å²) < 4.78 is 0. The fraction of sp³-hybridized carbons (Fsp3) is 0.214. The van der Waals surface area contributed by atoms with E-state index in [2.05, 4.69) is 36.8 Å². The highest BCUT2D eigenvalue weighted by Crippen LogP contribution is 2.25. The van der Waals surface area contributed by atoms with Crippen LogP contribution in [0.3, 0.4) is 0 Å². The van der Waals surface area contributed by atoms with Gasteiger partial charge in [-0.25, -0.2) is 9.97 Å². The van der Waals surface area contributed by atoms with E-state index in [0.29, 0.717) is 5.69 Å². The van der Waals surface area contributed by atoms with Crippen LogP contribution in [0.15, 0.2) is 24.5 Å². The highest BCUT2D eigenvalue weighted by Gasteiger charge is 2.07. The maximum absolute atomic E-state index is 10.7. The van der Waals surface area contributed by atoms with Gasteiger partial charge in [-0.3, -0.25) is 4.79 Å². The summed E-state index contributed by atoms with van der Waals surface area (Å²) in [4.78, 5) is 18.8. The first-order chi connectivity index (χ1) is 8.13. The molecule has 1 aromatic heterocycles. The Kier molecular flexibility index (Phi) is 3.00. The summed E-state index contributed by atoms with van der Waals surface area (Å²) in [6.45, 7) is 6.25. The molecule has 0 fully saturated rings. The number of hydrogen-bond donors (Lipinski definition) is 0. The van der Waals surface area contributed by atoms with E-state index in [1.54, 1.807) is 6.07 Å². The van der Waals surface area contributed by atoms with Crippen LogP contribution in [0.25, 0.3) is 11.3 Å². The summed E-state index contributed by atoms with van der Waals surface area (Å²) in [6, 6.07) is 5.82. The van der Waals surface area contributed by atoms with Gasteiger partial charge in [-0.15, -0.1) is 0 Å². The van der Waals surface area contributed by atoms with Gasteiger partial charge in [0.2, 0.25) is 0 Å². The average molecular weight is 226 g/mol. The normalized spacial score (nSPS) is 10.3. The van der Waals surface area contributed by atoms with Crippen LogP contribution < -0.4 is 0 Å². The molecule has 0 saturated heterocycles. The molecule has 1 heterocycles. The van der Waals surface area contributed by atoms with Gasteiger partial charge < -0.3 is 0 Å². The van der Waals surface area contributed by atoms with Crippen molar-refractivity contribution in [3.63, 3.8) is 0 Å². The van der Waals surface area contributed by atoms with E-state index in [0.717, 1.165) is 17.5 Å². The van der Waals surface area contributed by atoms with Crippen molar-refractivity contribution >= 4 is 6.29 Å². The van der Waals surface area contributed by atoms with E-state index >= 15 is 0 Å². The highest BCUT2D eigenvalue weighted by molar-refractivity contribution is 5.75. The highest BCUT2D eigenvalue weighted by atomic mass is 16.1. The van der Waals surface area contributed by atoms with Crippen LogP contribution in [-0.2, 0) is 0 Å². The molecule has 0 radical (unpaired) electrons. The number of aromatic nitrogens is 2. The topological polar surface area (TPSA) is 42.9 Å². The molecule has 3 nitrogen and oxygen atoms in total. The number of nitrogens with zero attached hydrogens (tertiary/aromatic N) is 2. The van der Waals surface area contributed by atoms with Crippen LogP contribution in [0, 0.1) is 20.8 Å². The average Bonchev–Trinajstić information content (AvgIpc) is 2.36. The number of carbonyl (C=O) groups is 1. The second kappa shape index (κ2) is 4.45. The number of aryl methyl sites for hydroxylation is 1. The van der Waals surface area contributed by atoms with Gasteiger partial charge in [0.25, 0.3) is 0 Å². The monoisotopic (exact) mass is 226 g/mol. The minimum atomic E-state index is 0.410. The van der Waals surface area contributed by atoms with Gasteiger partial charge in [-0.05, 0) is 43.5 Å². The molecular formula is C14H14N2O. The first-order valence-electron chi connectivity index (χ1n) is 5.48. The molecular weight excluding hydrogens is 212 g/mol. The molecule has 1 aromatic carbocycles. The zero-order valence-electron chi connectivity index (χ0n) is 10.2. The molecule has 0 spiro atoms. The Morgan fingerprint density at radius 2 is 1.82 bits per heavy atom. The quantitative estimate of drug-likeness (QED) is 0.739. The lowest BCUT2D eigenvalue weighted by atomic mass is 9.97. The van der Waals surface area contributed by atoms with Gasteiger partial charge in [0, 0.05) is 5.56 Å². The number of benzene rings is 1. The van der Waals surface area contributed by atoms with E-state index in [1.807, 2.05) is 6.07 Å². The van der Waals surface area contributed by atoms with Crippen LogP contribution in [-0.4, -0.2) is 16.3 Å². The van der Waals surface area contributed by atoms with Crippen molar-refractivity contribution in [3.8, 4) is 11.3 Å². The first-order valence-corrected chi connectivity index (χ1v) is 5.48. The van der Waals surface area contributed by atoms with Gasteiger partial charge in [0.1, 0.15) is 12.0 Å². The predicted octanol–water partition coefficient (Wildman–Crippen LogP) is 2.88. The molecule has 0 bridgehead atoms. The van der Waals surface area contributed by atoms with Gasteiger partial charge >= 0.3 is 0 Å². The number of hydrogen-bond acceptors (Lipinski definition) is 3. The van der Waals surface area contributed by atoms with E-state index < -0.39 is 0 Å². The Bertz CT molecular complexity index is 576. The summed E-state index contributed by atoms with van der Waals surface area (Å²) in [5.41, 5.74) is 5.97. The second-order valence-corrected chi connectivity index (χ2v) is 4.13. The largest absolute Gasteiger partial charge is 0.296 e. The molecule has 0 unspecified atom stereocenters. The SMILES string of the molecule is Cc1ccc(-c2cc(C=O)ncn2)c(C)c1C. The molecule has 0 aliphatic heterocycles. The molecule has 2 rings (SSSR count). The molecule has 0 aliphatic rings. The van der Waals surface area contributed by atoms with E-state index in [1.165, 1.54) is 23.0 Å². The van der Waals surface area contributed by atoms with E-state index in [-0.39, 0.29) is 0 Å². The van der Waals surface area contributed by atoms with Crippen LogP contribution in [0.4, 0.5) is 0 Å². The van der Waals surface area contributed by atoms with Crippen molar-refractivity contribution in [3.05, 3.63) is 46.9 Å². The fourth-order valence-corrected chi connectivity index (χ4v) is 1.82. The summed E-state index contributed by atoms with van der Waals surface area (Å²) in [6.07, 6.45) is 2.16. The molecule has 86 valence electrons. The maximum Gasteiger partial charge on any atom is 0.168 e. The molecule has 17 heavy (non-hydrogen) atoms. The Morgan fingerprint density at radius 1 is 1.06 bits per heavy atom. The molecule has 2 aromatic rings. The Balaban J connectivity index is 2.60. The van der Waals surface area contributed by atoms with Crippen LogP contribution in [0.2, 0.25) is 0 Å².